The van der Waals surface area contributed by atoms with Crippen molar-refractivity contribution in [2.45, 2.75) is 65.5 Å². The van der Waals surface area contributed by atoms with Gasteiger partial charge in [-0.25, -0.2) is 9.97 Å². The lowest BCUT2D eigenvalue weighted by Gasteiger charge is -2.13. The summed E-state index contributed by atoms with van der Waals surface area (Å²) in [5, 5.41) is 2.45. The van der Waals surface area contributed by atoms with E-state index < -0.39 is 5.91 Å². The summed E-state index contributed by atoms with van der Waals surface area (Å²) >= 11 is 0. The number of ether oxygens (including phenoxy) is 5. The minimum absolute atomic E-state index is 0.0131. The number of anilines is 2. The molecule has 2 aliphatic heterocycles. The van der Waals surface area contributed by atoms with E-state index in [0.29, 0.717) is 12.2 Å². The highest BCUT2D eigenvalue weighted by Gasteiger charge is 2.24. The predicted molar refractivity (Wildman–Crippen MR) is 174 cm³/mol. The molecule has 0 radical (unpaired) electrons. The van der Waals surface area contributed by atoms with Crippen LogP contribution in [0.1, 0.15) is 63.1 Å². The first-order valence-corrected chi connectivity index (χ1v) is 14.8. The van der Waals surface area contributed by atoms with Crippen molar-refractivity contribution >= 4 is 23.5 Å². The number of nitrogen functional groups attached to an aromatic ring is 2. The van der Waals surface area contributed by atoms with Crippen LogP contribution in [0.2, 0.25) is 0 Å². The summed E-state index contributed by atoms with van der Waals surface area (Å²) in [6.07, 6.45) is 3.07. The molecule has 7 N–H and O–H groups in total. The van der Waals surface area contributed by atoms with Crippen molar-refractivity contribution in [1.29, 1.82) is 0 Å². The fourth-order valence-electron chi connectivity index (χ4n) is 3.35. The van der Waals surface area contributed by atoms with Crippen molar-refractivity contribution < 1.29 is 28.5 Å². The van der Waals surface area contributed by atoms with Gasteiger partial charge in [0.1, 0.15) is 5.82 Å². The Kier molecular flexibility index (Phi) is 20.6. The smallest absolute Gasteiger partial charge is 0.280 e. The number of hydrogen-bond donors (Lipinski definition) is 4. The molecule has 3 heterocycles. The Balaban J connectivity index is 0.000000703. The van der Waals surface area contributed by atoms with Crippen LogP contribution in [0.25, 0.3) is 0 Å². The van der Waals surface area contributed by atoms with Crippen molar-refractivity contribution in [1.82, 2.24) is 25.1 Å². The highest BCUT2D eigenvalue weighted by Crippen LogP contribution is 2.16. The molecule has 2 aliphatic rings. The number of nitrogens with one attached hydrogen (secondary N) is 1. The fraction of sp³-hybridized carbons (Fsp3) is 0.793. The molecule has 15 nitrogen and oxygen atoms in total. The molecule has 0 spiro atoms. The molecular weight excluding hydrogens is 570 g/mol. The van der Waals surface area contributed by atoms with Crippen LogP contribution in [0.15, 0.2) is 4.99 Å². The lowest BCUT2D eigenvalue weighted by Crippen LogP contribution is -2.38. The van der Waals surface area contributed by atoms with Crippen LogP contribution >= 0.6 is 0 Å². The van der Waals surface area contributed by atoms with E-state index in [0.717, 1.165) is 65.4 Å². The summed E-state index contributed by atoms with van der Waals surface area (Å²) in [4.78, 5) is 28.3. The molecule has 0 bridgehead atoms. The minimum atomic E-state index is -0.549. The van der Waals surface area contributed by atoms with Crippen LogP contribution < -0.4 is 22.5 Å². The highest BCUT2D eigenvalue weighted by molar-refractivity contribution is 6.06. The number of hydrogen-bond acceptors (Lipinski definition) is 13. The zero-order chi connectivity index (χ0) is 33.8. The van der Waals surface area contributed by atoms with Crippen LogP contribution in [0.4, 0.5) is 11.6 Å². The number of aromatic nitrogens is 2. The van der Waals surface area contributed by atoms with Gasteiger partial charge in [0.05, 0.1) is 38.7 Å². The van der Waals surface area contributed by atoms with Crippen molar-refractivity contribution in [3.05, 3.63) is 11.4 Å². The van der Waals surface area contributed by atoms with Crippen molar-refractivity contribution in [2.24, 2.45) is 10.7 Å². The van der Waals surface area contributed by atoms with Crippen molar-refractivity contribution in [3.63, 3.8) is 0 Å². The number of unbranched alkanes of at least 4 members (excludes halogenated alkanes) is 2. The van der Waals surface area contributed by atoms with Crippen molar-refractivity contribution in [2.75, 3.05) is 99.4 Å². The van der Waals surface area contributed by atoms with Gasteiger partial charge >= 0.3 is 0 Å². The minimum Gasteiger partial charge on any atom is -0.383 e. The summed E-state index contributed by atoms with van der Waals surface area (Å²) in [5.41, 5.74) is 17.3. The molecule has 3 rings (SSSR count). The quantitative estimate of drug-likeness (QED) is 0.165. The Hall–Kier alpha value is -2.66. The summed E-state index contributed by atoms with van der Waals surface area (Å²) in [5.74, 6) is -0.967. The fourth-order valence-corrected chi connectivity index (χ4v) is 3.35. The molecule has 1 amide bonds. The van der Waals surface area contributed by atoms with Crippen LogP contribution in [-0.4, -0.2) is 131 Å². The average molecular weight is 630 g/mol. The number of rotatable bonds is 10. The van der Waals surface area contributed by atoms with Crippen LogP contribution in [0.3, 0.4) is 0 Å². The van der Waals surface area contributed by atoms with Gasteiger partial charge in [-0.2, -0.15) is 0 Å². The number of aliphatic imine (C=N–C) groups is 1. The van der Waals surface area contributed by atoms with E-state index in [-0.39, 0.29) is 34.9 Å². The second-order valence-electron chi connectivity index (χ2n) is 11.5. The Bertz CT molecular complexity index is 939. The standard InChI is InChI=1S/C14H26N8O.C5H13NO.2C5H10O2/c1-9-11(15)20-12(16)10(19-9)13(23)21-14(17)18-7-5-4-6-8-22(2)3;1-6(2)4-5-7-3;2*1-5(2)6-3-4-7-5/h4-8H2,1-3H3,(H4,15,16,20)(H3,17,18,21,23);4-5H2,1-3H3;2*3-4H2,1-2H3. The number of guanidine groups is 1. The first-order chi connectivity index (χ1) is 20.5. The van der Waals surface area contributed by atoms with Crippen LogP contribution in [0, 0.1) is 6.92 Å². The molecule has 2 fully saturated rings. The zero-order valence-corrected chi connectivity index (χ0v) is 28.7. The van der Waals surface area contributed by atoms with E-state index in [1.165, 1.54) is 0 Å². The van der Waals surface area contributed by atoms with Gasteiger partial charge < -0.3 is 50.7 Å². The third-order valence-corrected chi connectivity index (χ3v) is 5.84. The molecule has 1 aromatic heterocycles. The number of carbonyl (C=O) groups is 1. The third-order valence-electron chi connectivity index (χ3n) is 5.84. The Morgan fingerprint density at radius 3 is 1.75 bits per heavy atom. The molecule has 256 valence electrons. The zero-order valence-electron chi connectivity index (χ0n) is 28.7. The highest BCUT2D eigenvalue weighted by atomic mass is 16.7. The van der Waals surface area contributed by atoms with E-state index in [1.807, 2.05) is 55.9 Å². The summed E-state index contributed by atoms with van der Waals surface area (Å²) in [6, 6.07) is 0. The summed E-state index contributed by atoms with van der Waals surface area (Å²) in [6.45, 7) is 15.7. The Morgan fingerprint density at radius 1 is 0.864 bits per heavy atom. The first-order valence-electron chi connectivity index (χ1n) is 14.8. The second-order valence-corrected chi connectivity index (χ2v) is 11.5. The predicted octanol–water partition coefficient (Wildman–Crippen LogP) is 1.46. The van der Waals surface area contributed by atoms with Gasteiger partial charge in [-0.05, 0) is 82.2 Å². The van der Waals surface area contributed by atoms with Crippen LogP contribution in [-0.2, 0) is 23.7 Å². The number of aryl methyl sites for hydroxylation is 1. The normalized spacial score (nSPS) is 16.8. The lowest BCUT2D eigenvalue weighted by atomic mass is 10.2. The van der Waals surface area contributed by atoms with E-state index in [9.17, 15) is 4.79 Å². The topological polar surface area (TPSA) is 198 Å². The molecule has 2 saturated heterocycles. The number of nitrogens with two attached hydrogens (primary N) is 3. The average Bonchev–Trinajstić information content (AvgIpc) is 3.53. The Morgan fingerprint density at radius 2 is 1.36 bits per heavy atom. The number of amides is 1. The number of likely N-dealkylation sites (N-methyl/N-ethyl adjacent to an activating group) is 1. The number of nitrogens with zero attached hydrogens (tertiary/aromatic N) is 5. The molecular formula is C29H59N9O6. The van der Waals surface area contributed by atoms with Gasteiger partial charge in [-0.15, -0.1) is 0 Å². The van der Waals surface area contributed by atoms with Gasteiger partial charge in [-0.3, -0.25) is 15.1 Å². The maximum atomic E-state index is 12.0. The van der Waals surface area contributed by atoms with Gasteiger partial charge in [0.2, 0.25) is 0 Å². The van der Waals surface area contributed by atoms with Gasteiger partial charge in [0.25, 0.3) is 5.91 Å². The SMILES string of the molecule is CC1(C)OCCO1.CC1(C)OCCO1.COCCN(C)C.Cc1nc(C(=O)NC(N)=NCCCCCN(C)C)c(N)nc1N. The molecule has 15 heteroatoms. The van der Waals surface area contributed by atoms with E-state index >= 15 is 0 Å². The van der Waals surface area contributed by atoms with Crippen molar-refractivity contribution in [3.8, 4) is 0 Å². The summed E-state index contributed by atoms with van der Waals surface area (Å²) in [7, 11) is 9.85. The summed E-state index contributed by atoms with van der Waals surface area (Å²) < 4.78 is 25.3. The molecule has 0 unspecified atom stereocenters. The van der Waals surface area contributed by atoms with E-state index in [1.54, 1.807) is 14.0 Å². The Labute approximate surface area is 264 Å². The first kappa shape index (κ1) is 41.3. The second kappa shape index (κ2) is 21.9. The van der Waals surface area contributed by atoms with Crippen LogP contribution in [0.5, 0.6) is 0 Å². The lowest BCUT2D eigenvalue weighted by molar-refractivity contribution is -0.126. The molecule has 1 aromatic rings. The largest absolute Gasteiger partial charge is 0.383 e. The number of methoxy groups -OCH3 is 1. The van der Waals surface area contributed by atoms with E-state index in [2.05, 4.69) is 30.1 Å². The monoisotopic (exact) mass is 629 g/mol. The molecule has 0 aromatic carbocycles. The third kappa shape index (κ3) is 21.1. The van der Waals surface area contributed by atoms with Gasteiger partial charge in [0.15, 0.2) is 29.0 Å². The van der Waals surface area contributed by atoms with Gasteiger partial charge in [-0.1, -0.05) is 6.42 Å². The molecule has 0 aliphatic carbocycles. The maximum Gasteiger partial charge on any atom is 0.280 e. The van der Waals surface area contributed by atoms with Gasteiger partial charge in [0, 0.05) is 20.2 Å². The molecule has 0 saturated carbocycles. The van der Waals surface area contributed by atoms with E-state index in [4.69, 9.17) is 40.9 Å². The number of carbonyl (C=O) groups excluding carboxylic acids is 1. The maximum absolute atomic E-state index is 12.0. The molecule has 0 atom stereocenters. The molecule has 44 heavy (non-hydrogen) atoms.